The molecule has 17 heavy (non-hydrogen) atoms. The third-order valence-electron chi connectivity index (χ3n) is 2.72. The minimum atomic E-state index is 0.363. The van der Waals surface area contributed by atoms with E-state index in [9.17, 15) is 0 Å². The van der Waals surface area contributed by atoms with Crippen molar-refractivity contribution >= 4 is 0 Å². The average molecular weight is 231 g/mol. The molecule has 1 atom stereocenters. The molecule has 0 saturated carbocycles. The fraction of sp³-hybridized carbons (Fsp3) is 0.417. The van der Waals surface area contributed by atoms with Crippen LogP contribution in [0.15, 0.2) is 30.3 Å². The monoisotopic (exact) mass is 231 g/mol. The molecule has 0 amide bonds. The molecule has 90 valence electrons. The number of tetrazole rings is 1. The molecule has 0 radical (unpaired) electrons. The van der Waals surface area contributed by atoms with E-state index < -0.39 is 0 Å². The summed E-state index contributed by atoms with van der Waals surface area (Å²) in [6.07, 6.45) is 1.73. The van der Waals surface area contributed by atoms with Crippen molar-refractivity contribution < 1.29 is 0 Å². The maximum atomic E-state index is 5.79. The van der Waals surface area contributed by atoms with E-state index in [1.807, 2.05) is 18.2 Å². The summed E-state index contributed by atoms with van der Waals surface area (Å²) < 4.78 is 0. The van der Waals surface area contributed by atoms with Crippen LogP contribution < -0.4 is 5.73 Å². The van der Waals surface area contributed by atoms with E-state index in [0.29, 0.717) is 12.5 Å². The maximum Gasteiger partial charge on any atom is 0.175 e. The van der Waals surface area contributed by atoms with Crippen LogP contribution in [0.1, 0.15) is 11.4 Å². The summed E-state index contributed by atoms with van der Waals surface area (Å²) in [4.78, 5) is 1.48. The summed E-state index contributed by atoms with van der Waals surface area (Å²) in [6, 6.07) is 10.3. The van der Waals surface area contributed by atoms with Gasteiger partial charge in [-0.05, 0) is 29.7 Å². The van der Waals surface area contributed by atoms with Crippen LogP contribution in [0, 0.1) is 5.92 Å². The Labute approximate surface area is 101 Å². The molecule has 5 nitrogen and oxygen atoms in total. The molecule has 0 spiro atoms. The lowest BCUT2D eigenvalue weighted by Crippen LogP contribution is -2.20. The molecule has 0 saturated heterocycles. The molecule has 2 aromatic rings. The first-order chi connectivity index (χ1) is 8.28. The lowest BCUT2D eigenvalue weighted by atomic mass is 9.96. The van der Waals surface area contributed by atoms with Crippen molar-refractivity contribution in [2.75, 3.05) is 6.54 Å². The van der Waals surface area contributed by atoms with Crippen LogP contribution in [0.3, 0.4) is 0 Å². The third-order valence-corrected chi connectivity index (χ3v) is 2.72. The molecule has 0 aliphatic rings. The molecule has 0 aliphatic carbocycles. The topological polar surface area (TPSA) is 69.6 Å². The number of aryl methyl sites for hydroxylation is 1. The fourth-order valence-corrected chi connectivity index (χ4v) is 1.85. The maximum absolute atomic E-state index is 5.79. The average Bonchev–Trinajstić information content (AvgIpc) is 2.75. The van der Waals surface area contributed by atoms with Gasteiger partial charge >= 0.3 is 0 Å². The number of hydrogen-bond acceptors (Lipinski definition) is 4. The van der Waals surface area contributed by atoms with Crippen molar-refractivity contribution in [3.8, 4) is 0 Å². The van der Waals surface area contributed by atoms with Gasteiger partial charge in [-0.1, -0.05) is 30.3 Å². The summed E-state index contributed by atoms with van der Waals surface area (Å²) in [6.45, 7) is 0.632. The molecule has 2 N–H and O–H groups in total. The molecule has 0 bridgehead atoms. The second-order valence-corrected chi connectivity index (χ2v) is 4.19. The molecule has 0 aliphatic heterocycles. The highest BCUT2D eigenvalue weighted by Gasteiger charge is 2.12. The smallest absolute Gasteiger partial charge is 0.175 e. The number of nitrogens with two attached hydrogens (primary N) is 1. The van der Waals surface area contributed by atoms with Crippen molar-refractivity contribution in [1.29, 1.82) is 0 Å². The van der Waals surface area contributed by atoms with Crippen molar-refractivity contribution in [3.05, 3.63) is 41.7 Å². The first kappa shape index (κ1) is 11.7. The normalized spacial score (nSPS) is 12.6. The van der Waals surface area contributed by atoms with Crippen LogP contribution >= 0.6 is 0 Å². The fourth-order valence-electron chi connectivity index (χ4n) is 1.85. The molecule has 1 aromatic carbocycles. The van der Waals surface area contributed by atoms with Gasteiger partial charge in [0, 0.05) is 6.42 Å². The zero-order valence-corrected chi connectivity index (χ0v) is 9.95. The Balaban J connectivity index is 1.98. The van der Waals surface area contributed by atoms with Crippen LogP contribution in [0.4, 0.5) is 0 Å². The summed E-state index contributed by atoms with van der Waals surface area (Å²) >= 11 is 0. The van der Waals surface area contributed by atoms with E-state index in [4.69, 9.17) is 5.73 Å². The van der Waals surface area contributed by atoms with Crippen LogP contribution in [0.2, 0.25) is 0 Å². The largest absolute Gasteiger partial charge is 0.330 e. The van der Waals surface area contributed by atoms with Crippen molar-refractivity contribution in [3.63, 3.8) is 0 Å². The van der Waals surface area contributed by atoms with Gasteiger partial charge in [0.15, 0.2) is 5.82 Å². The Bertz CT molecular complexity index is 451. The predicted octanol–water partition coefficient (Wildman–Crippen LogP) is 0.570. The lowest BCUT2D eigenvalue weighted by molar-refractivity contribution is 0.516. The van der Waals surface area contributed by atoms with E-state index in [1.54, 1.807) is 7.05 Å². The second-order valence-electron chi connectivity index (χ2n) is 4.19. The summed E-state index contributed by atoms with van der Waals surface area (Å²) in [5.41, 5.74) is 7.09. The van der Waals surface area contributed by atoms with Crippen molar-refractivity contribution in [2.45, 2.75) is 12.8 Å². The van der Waals surface area contributed by atoms with Crippen LogP contribution in [-0.2, 0) is 19.9 Å². The van der Waals surface area contributed by atoms with Crippen molar-refractivity contribution in [1.82, 2.24) is 20.2 Å². The molecule has 0 fully saturated rings. The van der Waals surface area contributed by atoms with Gasteiger partial charge in [0.25, 0.3) is 0 Å². The first-order valence-electron chi connectivity index (χ1n) is 5.75. The number of nitrogens with zero attached hydrogens (tertiary/aromatic N) is 4. The van der Waals surface area contributed by atoms with Gasteiger partial charge in [-0.2, -0.15) is 4.80 Å². The SMILES string of the molecule is Cn1nnc(CC(CN)Cc2ccccc2)n1. The van der Waals surface area contributed by atoms with Crippen LogP contribution in [0.25, 0.3) is 0 Å². The molecule has 2 rings (SSSR count). The third kappa shape index (κ3) is 3.35. The Morgan fingerprint density at radius 2 is 2.00 bits per heavy atom. The van der Waals surface area contributed by atoms with Gasteiger partial charge in [0.05, 0.1) is 7.05 Å². The molecule has 5 heteroatoms. The number of aromatic nitrogens is 4. The first-order valence-corrected chi connectivity index (χ1v) is 5.75. The standard InChI is InChI=1S/C12H17N5/c1-17-15-12(14-16-17)8-11(9-13)7-10-5-3-2-4-6-10/h2-6,11H,7-9,13H2,1H3. The van der Waals surface area contributed by atoms with E-state index in [0.717, 1.165) is 18.7 Å². The Morgan fingerprint density at radius 1 is 1.24 bits per heavy atom. The van der Waals surface area contributed by atoms with Gasteiger partial charge < -0.3 is 5.73 Å². The number of rotatable bonds is 5. The molecule has 1 aromatic heterocycles. The zero-order chi connectivity index (χ0) is 12.1. The minimum Gasteiger partial charge on any atom is -0.330 e. The van der Waals surface area contributed by atoms with Crippen LogP contribution in [0.5, 0.6) is 0 Å². The summed E-state index contributed by atoms with van der Waals surface area (Å²) in [5, 5.41) is 12.0. The van der Waals surface area contributed by atoms with Crippen molar-refractivity contribution in [2.24, 2.45) is 18.7 Å². The van der Waals surface area contributed by atoms with E-state index in [2.05, 4.69) is 27.5 Å². The Kier molecular flexibility index (Phi) is 3.82. The minimum absolute atomic E-state index is 0.363. The Morgan fingerprint density at radius 3 is 2.59 bits per heavy atom. The quantitative estimate of drug-likeness (QED) is 0.816. The van der Waals surface area contributed by atoms with Gasteiger partial charge in [-0.25, -0.2) is 0 Å². The highest BCUT2D eigenvalue weighted by Crippen LogP contribution is 2.11. The molecule has 1 heterocycles. The van der Waals surface area contributed by atoms with Gasteiger partial charge in [0.1, 0.15) is 0 Å². The zero-order valence-electron chi connectivity index (χ0n) is 9.95. The highest BCUT2D eigenvalue weighted by molar-refractivity contribution is 5.15. The predicted molar refractivity (Wildman–Crippen MR) is 65.2 cm³/mol. The van der Waals surface area contributed by atoms with E-state index in [-0.39, 0.29) is 0 Å². The van der Waals surface area contributed by atoms with Gasteiger partial charge in [-0.15, -0.1) is 10.2 Å². The lowest BCUT2D eigenvalue weighted by Gasteiger charge is -2.12. The second kappa shape index (κ2) is 5.54. The Hall–Kier alpha value is -1.75. The number of benzene rings is 1. The van der Waals surface area contributed by atoms with E-state index >= 15 is 0 Å². The summed E-state index contributed by atoms with van der Waals surface area (Å²) in [7, 11) is 1.77. The highest BCUT2D eigenvalue weighted by atomic mass is 15.6. The summed E-state index contributed by atoms with van der Waals surface area (Å²) in [5.74, 6) is 1.13. The molecular formula is C12H17N5. The van der Waals surface area contributed by atoms with Crippen LogP contribution in [-0.4, -0.2) is 26.8 Å². The number of hydrogen-bond donors (Lipinski definition) is 1. The molecule has 1 unspecified atom stereocenters. The van der Waals surface area contributed by atoms with Gasteiger partial charge in [0.2, 0.25) is 0 Å². The molecular weight excluding hydrogens is 214 g/mol. The van der Waals surface area contributed by atoms with Gasteiger partial charge in [-0.3, -0.25) is 0 Å². The van der Waals surface area contributed by atoms with E-state index in [1.165, 1.54) is 10.4 Å².